The van der Waals surface area contributed by atoms with Gasteiger partial charge in [-0.05, 0) is 6.42 Å². The lowest BCUT2D eigenvalue weighted by molar-refractivity contribution is 0.315. The number of nitrogens with two attached hydrogens (primary N) is 1. The van der Waals surface area contributed by atoms with Crippen molar-refractivity contribution in [2.24, 2.45) is 10.9 Å². The van der Waals surface area contributed by atoms with Crippen molar-refractivity contribution in [3.8, 4) is 0 Å². The molecule has 0 aromatic heterocycles. The van der Waals surface area contributed by atoms with Gasteiger partial charge in [0, 0.05) is 5.56 Å². The van der Waals surface area contributed by atoms with Crippen LogP contribution < -0.4 is 5.73 Å². The average Bonchev–Trinajstić information content (AvgIpc) is 2.32. The molecule has 1 unspecified atom stereocenters. The lowest BCUT2D eigenvalue weighted by Gasteiger charge is -2.27. The summed E-state index contributed by atoms with van der Waals surface area (Å²) in [6.45, 7) is 0. The van der Waals surface area contributed by atoms with Gasteiger partial charge in [-0.25, -0.2) is 0 Å². The van der Waals surface area contributed by atoms with Crippen LogP contribution in [-0.4, -0.2) is 16.5 Å². The van der Waals surface area contributed by atoms with Crippen LogP contribution >= 0.6 is 0 Å². The molecule has 16 heavy (non-hydrogen) atoms. The quantitative estimate of drug-likeness (QED) is 0.450. The molecule has 1 aromatic carbocycles. The fourth-order valence-electron chi connectivity index (χ4n) is 1.83. The van der Waals surface area contributed by atoms with E-state index in [2.05, 4.69) is 5.16 Å². The fraction of sp³-hybridized carbons (Fsp3) is 0.154. The SMILES string of the molecule is NC1(C(=NO)c2ccccc2)C=CC=CC1. The van der Waals surface area contributed by atoms with Crippen molar-refractivity contribution in [3.05, 3.63) is 60.2 Å². The van der Waals surface area contributed by atoms with E-state index >= 15 is 0 Å². The first-order valence-corrected chi connectivity index (χ1v) is 5.17. The van der Waals surface area contributed by atoms with Crippen LogP contribution in [0.2, 0.25) is 0 Å². The summed E-state index contributed by atoms with van der Waals surface area (Å²) >= 11 is 0. The van der Waals surface area contributed by atoms with Gasteiger partial charge in [0.2, 0.25) is 0 Å². The Morgan fingerprint density at radius 3 is 2.56 bits per heavy atom. The molecule has 1 aliphatic rings. The van der Waals surface area contributed by atoms with Crippen LogP contribution in [0.25, 0.3) is 0 Å². The van der Waals surface area contributed by atoms with Crippen molar-refractivity contribution < 1.29 is 5.21 Å². The summed E-state index contributed by atoms with van der Waals surface area (Å²) in [5, 5.41) is 12.5. The number of hydrogen-bond acceptors (Lipinski definition) is 3. The van der Waals surface area contributed by atoms with Crippen LogP contribution in [0.1, 0.15) is 12.0 Å². The molecule has 3 N–H and O–H groups in total. The van der Waals surface area contributed by atoms with E-state index in [4.69, 9.17) is 10.9 Å². The molecule has 1 aromatic rings. The second kappa shape index (κ2) is 4.33. The van der Waals surface area contributed by atoms with E-state index in [9.17, 15) is 0 Å². The highest BCUT2D eigenvalue weighted by molar-refractivity contribution is 6.08. The predicted molar refractivity (Wildman–Crippen MR) is 64.6 cm³/mol. The van der Waals surface area contributed by atoms with E-state index in [1.54, 1.807) is 0 Å². The van der Waals surface area contributed by atoms with Gasteiger partial charge in [-0.3, -0.25) is 0 Å². The maximum Gasteiger partial charge on any atom is 0.111 e. The predicted octanol–water partition coefficient (Wildman–Crippen LogP) is 2.08. The van der Waals surface area contributed by atoms with Crippen molar-refractivity contribution in [3.63, 3.8) is 0 Å². The molecule has 0 heterocycles. The van der Waals surface area contributed by atoms with Gasteiger partial charge in [0.1, 0.15) is 5.71 Å². The first kappa shape index (κ1) is 10.6. The Bertz CT molecular complexity index is 448. The topological polar surface area (TPSA) is 58.6 Å². The van der Waals surface area contributed by atoms with Gasteiger partial charge in [-0.15, -0.1) is 0 Å². The highest BCUT2D eigenvalue weighted by Gasteiger charge is 2.30. The summed E-state index contributed by atoms with van der Waals surface area (Å²) in [6, 6.07) is 9.47. The van der Waals surface area contributed by atoms with Crippen molar-refractivity contribution in [1.82, 2.24) is 0 Å². The van der Waals surface area contributed by atoms with E-state index in [1.807, 2.05) is 54.6 Å². The van der Waals surface area contributed by atoms with E-state index < -0.39 is 5.54 Å². The molecule has 3 heteroatoms. The maximum absolute atomic E-state index is 9.15. The molecule has 1 aliphatic carbocycles. The van der Waals surface area contributed by atoms with Crippen LogP contribution in [0.5, 0.6) is 0 Å². The molecule has 1 atom stereocenters. The summed E-state index contributed by atoms with van der Waals surface area (Å²) in [5.74, 6) is 0. The monoisotopic (exact) mass is 214 g/mol. The van der Waals surface area contributed by atoms with Gasteiger partial charge in [0.25, 0.3) is 0 Å². The third-order valence-electron chi connectivity index (χ3n) is 2.68. The fourth-order valence-corrected chi connectivity index (χ4v) is 1.83. The Balaban J connectivity index is 2.38. The van der Waals surface area contributed by atoms with Crippen LogP contribution in [0.4, 0.5) is 0 Å². The Hall–Kier alpha value is -1.87. The normalized spacial score (nSPS) is 24.7. The number of allylic oxidation sites excluding steroid dienone is 2. The van der Waals surface area contributed by atoms with E-state index in [1.165, 1.54) is 0 Å². The van der Waals surface area contributed by atoms with Gasteiger partial charge < -0.3 is 10.9 Å². The second-order valence-corrected chi connectivity index (χ2v) is 3.85. The minimum atomic E-state index is -0.717. The minimum absolute atomic E-state index is 0.494. The van der Waals surface area contributed by atoms with Crippen LogP contribution in [0.15, 0.2) is 59.8 Å². The zero-order valence-electron chi connectivity index (χ0n) is 8.88. The van der Waals surface area contributed by atoms with Gasteiger partial charge >= 0.3 is 0 Å². The Morgan fingerprint density at radius 2 is 2.00 bits per heavy atom. The van der Waals surface area contributed by atoms with Crippen LogP contribution in [0.3, 0.4) is 0 Å². The summed E-state index contributed by atoms with van der Waals surface area (Å²) in [5.41, 5.74) is 6.83. The van der Waals surface area contributed by atoms with E-state index in [0.29, 0.717) is 12.1 Å². The van der Waals surface area contributed by atoms with Gasteiger partial charge in [0.05, 0.1) is 5.54 Å². The molecule has 0 spiro atoms. The molecule has 0 saturated carbocycles. The molecule has 2 rings (SSSR count). The number of oxime groups is 1. The molecule has 0 bridgehead atoms. The Morgan fingerprint density at radius 1 is 1.25 bits per heavy atom. The smallest absolute Gasteiger partial charge is 0.111 e. The highest BCUT2D eigenvalue weighted by Crippen LogP contribution is 2.21. The molecule has 3 nitrogen and oxygen atoms in total. The Kier molecular flexibility index (Phi) is 2.88. The van der Waals surface area contributed by atoms with Crippen molar-refractivity contribution >= 4 is 5.71 Å². The number of nitrogens with zero attached hydrogens (tertiary/aromatic N) is 1. The first-order valence-electron chi connectivity index (χ1n) is 5.17. The Labute approximate surface area is 94.6 Å². The summed E-state index contributed by atoms with van der Waals surface area (Å²) in [7, 11) is 0. The van der Waals surface area contributed by atoms with Crippen molar-refractivity contribution in [2.45, 2.75) is 12.0 Å². The van der Waals surface area contributed by atoms with Gasteiger partial charge in [0.15, 0.2) is 0 Å². The molecule has 0 amide bonds. The standard InChI is InChI=1S/C13H14N2O/c14-13(9-5-2-6-10-13)12(15-16)11-7-3-1-4-8-11/h1-9,16H,10,14H2. The van der Waals surface area contributed by atoms with Crippen molar-refractivity contribution in [1.29, 1.82) is 0 Å². The van der Waals surface area contributed by atoms with Crippen LogP contribution in [-0.2, 0) is 0 Å². The zero-order valence-corrected chi connectivity index (χ0v) is 8.88. The third-order valence-corrected chi connectivity index (χ3v) is 2.68. The maximum atomic E-state index is 9.15. The molecule has 0 radical (unpaired) electrons. The molecule has 0 aliphatic heterocycles. The summed E-state index contributed by atoms with van der Waals surface area (Å²) in [4.78, 5) is 0. The average molecular weight is 214 g/mol. The molecule has 0 saturated heterocycles. The molecule has 82 valence electrons. The lowest BCUT2D eigenvalue weighted by Crippen LogP contribution is -2.46. The van der Waals surface area contributed by atoms with Crippen molar-refractivity contribution in [2.75, 3.05) is 0 Å². The summed E-state index contributed by atoms with van der Waals surface area (Å²) < 4.78 is 0. The van der Waals surface area contributed by atoms with E-state index in [0.717, 1.165) is 5.56 Å². The summed E-state index contributed by atoms with van der Waals surface area (Å²) in [6.07, 6.45) is 8.27. The zero-order chi connectivity index (χ0) is 11.4. The lowest BCUT2D eigenvalue weighted by atomic mass is 9.84. The van der Waals surface area contributed by atoms with E-state index in [-0.39, 0.29) is 0 Å². The second-order valence-electron chi connectivity index (χ2n) is 3.85. The molecular formula is C13H14N2O. The van der Waals surface area contributed by atoms with Crippen LogP contribution in [0, 0.1) is 0 Å². The minimum Gasteiger partial charge on any atom is -0.411 e. The molecule has 0 fully saturated rings. The third kappa shape index (κ3) is 1.90. The first-order chi connectivity index (χ1) is 7.76. The number of benzene rings is 1. The number of rotatable bonds is 2. The highest BCUT2D eigenvalue weighted by atomic mass is 16.4. The van der Waals surface area contributed by atoms with Gasteiger partial charge in [-0.2, -0.15) is 0 Å². The van der Waals surface area contributed by atoms with Gasteiger partial charge in [-0.1, -0.05) is 59.8 Å². The largest absolute Gasteiger partial charge is 0.411 e. The molecular weight excluding hydrogens is 200 g/mol. The number of hydrogen-bond donors (Lipinski definition) is 2.